The number of aliphatic hydroxyl groups is 6. The lowest BCUT2D eigenvalue weighted by atomic mass is 9.63. The standard InChI is InChI=1S/C89H94N4O12/c1-47-44-90-45-62(95)37-56-15-14-50-16-21-60(41-75(50)85(56)100)93-88-69-24-18-52-33-51-8-6-12-67-77(47)46-92-78(67)43-81(98)64(22-13-49-31-70(51)71(52)32-49)58-36-59-35-54-17-23-66(73-42-82(99)83(105-2)40-55(73)20-26-80(97)87(102)86(101)74(54)38-58)65-11-4-3-10-63(65)57-34-53(19-25-79(96)84(59)68(69)27-28-91-88)72(76(39-57)89(103)104)30-48-7-5-9-61(94)29-48/h3-5,7,9-11,14-16,21,27,29,33,40-42,46-47,49,52-54,57-59,62,64,66,70-72,74,76,79,81,84,87,89-96,98-100,102-104H,8,13,20,22,26,28,30-32,34-39,43-45H2,1-2H3. The summed E-state index contributed by atoms with van der Waals surface area (Å²) in [6.45, 7) is 3.14. The number of aromatic amines is 1. The average molecular weight is 1410 g/mol. The highest BCUT2D eigenvalue weighted by atomic mass is 16.5. The van der Waals surface area contributed by atoms with Crippen molar-refractivity contribution in [2.75, 3.05) is 32.1 Å². The number of ketones is 2. The van der Waals surface area contributed by atoms with E-state index in [1.807, 2.05) is 66.9 Å². The summed E-state index contributed by atoms with van der Waals surface area (Å²) in [5.74, 6) is 22.1. The van der Waals surface area contributed by atoms with Gasteiger partial charge in [0.05, 0.1) is 30.8 Å². The summed E-state index contributed by atoms with van der Waals surface area (Å²) in [7, 11) is 1.45. The molecule has 105 heavy (non-hydrogen) atoms. The number of anilines is 1. The van der Waals surface area contributed by atoms with Crippen LogP contribution in [0.15, 0.2) is 132 Å². The molecule has 20 atom stereocenters. The van der Waals surface area contributed by atoms with Crippen LogP contribution in [0.25, 0.3) is 10.8 Å². The van der Waals surface area contributed by atoms with E-state index >= 15 is 4.79 Å². The largest absolute Gasteiger partial charge is 0.508 e. The first kappa shape index (κ1) is 70.3. The fourth-order valence-electron chi connectivity index (χ4n) is 20.7. The van der Waals surface area contributed by atoms with Crippen molar-refractivity contribution in [1.82, 2.24) is 15.6 Å². The number of allylic oxidation sites excluding steroid dienone is 3. The second-order valence-corrected chi connectivity index (χ2v) is 32.0. The van der Waals surface area contributed by atoms with Gasteiger partial charge in [-0.25, -0.2) is 0 Å². The molecule has 3 heterocycles. The molecule has 10 aliphatic rings. The minimum atomic E-state index is -2.03. The van der Waals surface area contributed by atoms with Crippen molar-refractivity contribution in [1.29, 1.82) is 0 Å². The summed E-state index contributed by atoms with van der Waals surface area (Å²) in [4.78, 5) is 34.8. The van der Waals surface area contributed by atoms with Gasteiger partial charge in [-0.1, -0.05) is 133 Å². The Morgan fingerprint density at radius 1 is 0.714 bits per heavy atom. The number of nitrogens with one attached hydrogen (secondary N) is 4. The van der Waals surface area contributed by atoms with Crippen LogP contribution < -0.4 is 20.7 Å². The molecule has 0 amide bonds. The van der Waals surface area contributed by atoms with Gasteiger partial charge in [0.25, 0.3) is 0 Å². The van der Waals surface area contributed by atoms with Gasteiger partial charge >= 0.3 is 0 Å². The Bertz CT molecular complexity index is 4790. The average Bonchev–Trinajstić information content (AvgIpc) is 1.74. The molecule has 1 aromatic heterocycles. The summed E-state index contributed by atoms with van der Waals surface area (Å²) in [5.41, 5.74) is 9.93. The molecule has 0 saturated heterocycles. The molecule has 3 fully saturated rings. The summed E-state index contributed by atoms with van der Waals surface area (Å²) in [6.07, 6.45) is 4.89. The first-order valence-corrected chi connectivity index (χ1v) is 38.1. The van der Waals surface area contributed by atoms with E-state index in [2.05, 4.69) is 87.4 Å². The van der Waals surface area contributed by atoms with Crippen molar-refractivity contribution in [2.45, 2.75) is 152 Å². The number of aromatic hydroxyl groups is 3. The van der Waals surface area contributed by atoms with Crippen molar-refractivity contribution in [3.8, 4) is 70.4 Å². The van der Waals surface area contributed by atoms with E-state index < -0.39 is 101 Å². The molecule has 6 aromatic rings. The van der Waals surface area contributed by atoms with Crippen LogP contribution in [0.4, 0.5) is 5.69 Å². The number of carbonyl (C=O) groups is 2. The normalized spacial score (nSPS) is 32.8. The van der Waals surface area contributed by atoms with E-state index in [0.717, 1.165) is 58.2 Å². The Morgan fingerprint density at radius 3 is 2.39 bits per heavy atom. The van der Waals surface area contributed by atoms with Crippen LogP contribution in [0.2, 0.25) is 0 Å². The van der Waals surface area contributed by atoms with Crippen molar-refractivity contribution in [3.63, 3.8) is 0 Å². The highest BCUT2D eigenvalue weighted by Crippen LogP contribution is 2.56. The second-order valence-electron chi connectivity index (χ2n) is 32.0. The quantitative estimate of drug-likeness (QED) is 0.0338. The van der Waals surface area contributed by atoms with Gasteiger partial charge in [0.15, 0.2) is 35.5 Å². The number of methoxy groups -OCH3 is 1. The number of phenolic OH excluding ortho intramolecular Hbond substituents is 3. The number of phenols is 3. The maximum absolute atomic E-state index is 16.2. The van der Waals surface area contributed by atoms with Crippen molar-refractivity contribution >= 4 is 28.0 Å². The van der Waals surface area contributed by atoms with Gasteiger partial charge in [-0.15, -0.1) is 0 Å². The summed E-state index contributed by atoms with van der Waals surface area (Å²) in [5, 5.41) is 123. The maximum atomic E-state index is 16.2. The zero-order chi connectivity index (χ0) is 72.5. The van der Waals surface area contributed by atoms with Crippen LogP contribution in [0, 0.1) is 124 Å². The minimum absolute atomic E-state index is 0.0541. The number of β-amino-alcohol motifs (C(OH)–C–C–N with tert-alkyl or cyclic N) is 1. The fourth-order valence-corrected chi connectivity index (χ4v) is 20.7. The predicted molar refractivity (Wildman–Crippen MR) is 400 cm³/mol. The lowest BCUT2D eigenvalue weighted by molar-refractivity contribution is -0.142. The van der Waals surface area contributed by atoms with Crippen LogP contribution in [-0.2, 0) is 35.3 Å². The van der Waals surface area contributed by atoms with Crippen molar-refractivity contribution in [3.05, 3.63) is 182 Å². The highest BCUT2D eigenvalue weighted by molar-refractivity contribution is 6.06. The molecule has 0 spiro atoms. The lowest BCUT2D eigenvalue weighted by Gasteiger charge is -2.42. The minimum Gasteiger partial charge on any atom is -0.508 e. The van der Waals surface area contributed by atoms with Gasteiger partial charge in [-0.05, 0) is 204 Å². The van der Waals surface area contributed by atoms with Gasteiger partial charge in [-0.2, -0.15) is 0 Å². The van der Waals surface area contributed by atoms with Crippen LogP contribution in [-0.4, -0.2) is 120 Å². The molecule has 3 saturated carbocycles. The first-order chi connectivity index (χ1) is 50.9. The Hall–Kier alpha value is -9.04. The number of hydrogen-bond acceptors (Lipinski definition) is 15. The molecule has 0 radical (unpaired) electrons. The van der Waals surface area contributed by atoms with Gasteiger partial charge in [0.2, 0.25) is 0 Å². The number of H-pyrrole nitrogens is 1. The Balaban J connectivity index is 0.974. The van der Waals surface area contributed by atoms with Crippen LogP contribution in [0.5, 0.6) is 23.0 Å². The molecule has 16 heteroatoms. The third-order valence-electron chi connectivity index (χ3n) is 25.9. The van der Waals surface area contributed by atoms with E-state index in [9.17, 15) is 50.8 Å². The maximum Gasteiger partial charge on any atom is 0.173 e. The van der Waals surface area contributed by atoms with Crippen LogP contribution >= 0.6 is 0 Å². The molecular formula is C89H94N4O12. The first-order valence-electron chi connectivity index (χ1n) is 38.1. The van der Waals surface area contributed by atoms with E-state index in [4.69, 9.17) is 4.74 Å². The number of Topliss-reactive ketones (excluding diaryl/α,β-unsaturated/α-hetero) is 2. The number of fused-ring (bicyclic) bond motifs is 16. The van der Waals surface area contributed by atoms with Gasteiger partial charge in [0.1, 0.15) is 23.4 Å². The monoisotopic (exact) mass is 1410 g/mol. The number of aliphatic hydroxyl groups excluding tert-OH is 5. The third kappa shape index (κ3) is 13.8. The van der Waals surface area contributed by atoms with E-state index in [1.54, 1.807) is 30.3 Å². The molecule has 5 aromatic carbocycles. The van der Waals surface area contributed by atoms with Crippen molar-refractivity contribution in [2.24, 2.45) is 76.9 Å². The smallest absolute Gasteiger partial charge is 0.173 e. The second kappa shape index (κ2) is 29.4. The molecular weight excluding hydrogens is 1320 g/mol. The third-order valence-corrected chi connectivity index (χ3v) is 25.9. The Kier molecular flexibility index (Phi) is 19.7. The number of carbonyl (C=O) groups excluding carboxylic acids is 2. The zero-order valence-electron chi connectivity index (χ0n) is 59.5. The number of aromatic nitrogens is 1. The highest BCUT2D eigenvalue weighted by Gasteiger charge is 2.50. The van der Waals surface area contributed by atoms with Gasteiger partial charge in [0, 0.05) is 109 Å². The summed E-state index contributed by atoms with van der Waals surface area (Å²) >= 11 is 0. The molecule has 13 N–H and O–H groups in total. The number of dihydropyridines is 1. The van der Waals surface area contributed by atoms with Crippen LogP contribution in [0.1, 0.15) is 146 Å². The van der Waals surface area contributed by atoms with Gasteiger partial charge < -0.3 is 71.6 Å². The van der Waals surface area contributed by atoms with E-state index in [0.29, 0.717) is 89.8 Å². The summed E-state index contributed by atoms with van der Waals surface area (Å²) < 4.78 is 5.74. The molecule has 2 aliphatic heterocycles. The van der Waals surface area contributed by atoms with Crippen LogP contribution in [0.3, 0.4) is 0 Å². The SMILES string of the molecule is COc1cc2c(cc1O)C1C#CC3CC4CC(CC3C(=O)C(O)C(=O)CC2)C2CCC3CC5C6=CC(C#CC7=C(NCC=C7C4C(O)C#CC4CC(CC(C(O)O)C4Cc4cccc(O)c4)c4ccccc41)Nc1ccc4ccc(c(O)c4c1)CC(O)CNCC(C)c1c[nH]c(c1C#CC6)CC2O)C5C3. The molecule has 542 valence electrons. The molecule has 16 nitrogen and oxygen atoms in total. The molecule has 16 rings (SSSR count). The number of aryl methyl sites for hydroxylation is 1. The van der Waals surface area contributed by atoms with Gasteiger partial charge in [-0.3, -0.25) is 9.59 Å². The fraction of sp³-hybridized carbons (Fsp3) is 0.461. The lowest BCUT2D eigenvalue weighted by Crippen LogP contribution is -2.40. The molecule has 20 unspecified atom stereocenters. The number of rotatable bonds is 4. The van der Waals surface area contributed by atoms with E-state index in [-0.39, 0.29) is 110 Å². The topological polar surface area (TPSA) is 277 Å². The number of ether oxygens (including phenoxy) is 1. The predicted octanol–water partition coefficient (Wildman–Crippen LogP) is 10.2. The zero-order valence-corrected chi connectivity index (χ0v) is 59.5. The Morgan fingerprint density at radius 2 is 1.55 bits per heavy atom. The Labute approximate surface area is 613 Å². The van der Waals surface area contributed by atoms with Crippen molar-refractivity contribution < 1.29 is 60.3 Å². The van der Waals surface area contributed by atoms with E-state index in [1.165, 1.54) is 12.7 Å². The number of benzene rings is 5. The number of hydrogen-bond donors (Lipinski definition) is 13. The summed E-state index contributed by atoms with van der Waals surface area (Å²) in [6, 6.07) is 27.9. The molecule has 17 bridgehead atoms. The molecule has 8 aliphatic carbocycles.